The van der Waals surface area contributed by atoms with Gasteiger partial charge in [0.1, 0.15) is 0 Å². The number of rotatable bonds is 6. The van der Waals surface area contributed by atoms with Gasteiger partial charge in [-0.25, -0.2) is 0 Å². The molecule has 0 aromatic carbocycles. The predicted molar refractivity (Wildman–Crippen MR) is 70.7 cm³/mol. The second kappa shape index (κ2) is 5.95. The minimum absolute atomic E-state index is 0.0654. The maximum atomic E-state index is 10.6. The van der Waals surface area contributed by atoms with Crippen LogP contribution in [0.3, 0.4) is 0 Å². The molecule has 7 heteroatoms. The lowest BCUT2D eigenvalue weighted by Gasteiger charge is -2.36. The van der Waals surface area contributed by atoms with Crippen molar-refractivity contribution in [3.05, 3.63) is 0 Å². The molecule has 0 aromatic rings. The molecule has 17 heavy (non-hydrogen) atoms. The summed E-state index contributed by atoms with van der Waals surface area (Å²) in [5.74, 6) is 0. The zero-order chi connectivity index (χ0) is 13.9. The molecular formula is C10H25O5PSi. The van der Waals surface area contributed by atoms with Gasteiger partial charge in [-0.2, -0.15) is 0 Å². The van der Waals surface area contributed by atoms with Crippen molar-refractivity contribution < 1.29 is 23.9 Å². The van der Waals surface area contributed by atoms with Crippen LogP contribution in [0.2, 0.25) is 18.1 Å². The number of aliphatic hydroxyl groups excluding tert-OH is 1. The number of hydrogen-bond donors (Lipinski definition) is 3. The Morgan fingerprint density at radius 1 is 1.29 bits per heavy atom. The lowest BCUT2D eigenvalue weighted by molar-refractivity contribution is 0.0963. The largest absolute Gasteiger partial charge is 0.414 e. The van der Waals surface area contributed by atoms with Gasteiger partial charge in [0, 0.05) is 0 Å². The summed E-state index contributed by atoms with van der Waals surface area (Å²) in [6.45, 7) is 10.6. The Morgan fingerprint density at radius 3 is 2.12 bits per heavy atom. The molecule has 0 radical (unpaired) electrons. The summed E-state index contributed by atoms with van der Waals surface area (Å²) in [6, 6.07) is 0. The van der Waals surface area contributed by atoms with E-state index in [1.165, 1.54) is 0 Å². The fourth-order valence-electron chi connectivity index (χ4n) is 0.922. The van der Waals surface area contributed by atoms with E-state index in [0.29, 0.717) is 0 Å². The van der Waals surface area contributed by atoms with Gasteiger partial charge in [-0.05, 0) is 24.6 Å². The average molecular weight is 284 g/mol. The minimum Gasteiger partial charge on any atom is -0.414 e. The Morgan fingerprint density at radius 2 is 1.76 bits per heavy atom. The van der Waals surface area contributed by atoms with Crippen LogP contribution in [0.1, 0.15) is 27.2 Å². The van der Waals surface area contributed by atoms with E-state index in [-0.39, 0.29) is 24.2 Å². The van der Waals surface area contributed by atoms with Crippen molar-refractivity contribution in [2.75, 3.05) is 12.8 Å². The van der Waals surface area contributed by atoms with Crippen molar-refractivity contribution in [2.24, 2.45) is 0 Å². The fraction of sp³-hybridized carbons (Fsp3) is 1.00. The van der Waals surface area contributed by atoms with Gasteiger partial charge in [0.2, 0.25) is 0 Å². The third-order valence-corrected chi connectivity index (χ3v) is 8.54. The van der Waals surface area contributed by atoms with Crippen LogP contribution in [0.15, 0.2) is 0 Å². The van der Waals surface area contributed by atoms with Crippen molar-refractivity contribution in [1.82, 2.24) is 0 Å². The monoisotopic (exact) mass is 284 g/mol. The lowest BCUT2D eigenvalue weighted by Crippen LogP contribution is -2.42. The topological polar surface area (TPSA) is 87.0 Å². The maximum Gasteiger partial charge on any atom is 0.325 e. The van der Waals surface area contributed by atoms with Crippen LogP contribution in [-0.2, 0) is 8.99 Å². The molecule has 0 heterocycles. The molecular weight excluding hydrogens is 259 g/mol. The molecule has 0 aromatic heterocycles. The first-order valence-corrected chi connectivity index (χ1v) is 10.4. The average Bonchev–Trinajstić information content (AvgIpc) is 2.08. The van der Waals surface area contributed by atoms with Gasteiger partial charge in [-0.15, -0.1) is 0 Å². The zero-order valence-corrected chi connectivity index (χ0v) is 13.2. The first-order valence-electron chi connectivity index (χ1n) is 5.72. The van der Waals surface area contributed by atoms with Gasteiger partial charge in [-0.3, -0.25) is 4.57 Å². The van der Waals surface area contributed by atoms with Crippen LogP contribution in [0.5, 0.6) is 0 Å². The van der Waals surface area contributed by atoms with E-state index in [9.17, 15) is 9.67 Å². The summed E-state index contributed by atoms with van der Waals surface area (Å²) in [5, 5.41) is 9.66. The van der Waals surface area contributed by atoms with Gasteiger partial charge in [-0.1, -0.05) is 20.8 Å². The maximum absolute atomic E-state index is 10.6. The van der Waals surface area contributed by atoms with E-state index < -0.39 is 22.0 Å². The van der Waals surface area contributed by atoms with Crippen LogP contribution in [0.4, 0.5) is 0 Å². The summed E-state index contributed by atoms with van der Waals surface area (Å²) >= 11 is 0. The molecule has 0 spiro atoms. The number of aliphatic hydroxyl groups is 1. The fourth-order valence-corrected chi connectivity index (χ4v) is 2.60. The molecule has 3 N–H and O–H groups in total. The van der Waals surface area contributed by atoms with E-state index in [0.717, 1.165) is 0 Å². The second-order valence-corrected chi connectivity index (χ2v) is 12.5. The van der Waals surface area contributed by atoms with E-state index in [4.69, 9.17) is 14.2 Å². The van der Waals surface area contributed by atoms with Crippen molar-refractivity contribution in [3.63, 3.8) is 0 Å². The highest BCUT2D eigenvalue weighted by Crippen LogP contribution is 2.37. The summed E-state index contributed by atoms with van der Waals surface area (Å²) < 4.78 is 16.4. The van der Waals surface area contributed by atoms with E-state index in [2.05, 4.69) is 33.9 Å². The summed E-state index contributed by atoms with van der Waals surface area (Å²) in [4.78, 5) is 17.4. The molecule has 0 saturated heterocycles. The lowest BCUT2D eigenvalue weighted by atomic mass is 10.2. The zero-order valence-electron chi connectivity index (χ0n) is 11.3. The number of hydrogen-bond acceptors (Lipinski definition) is 3. The SMILES string of the molecule is CC(C)(C)[Si](C)(C)OCC(O)CCP(=O)(O)O. The normalized spacial score (nSPS) is 16.0. The van der Waals surface area contributed by atoms with Crippen molar-refractivity contribution >= 4 is 15.9 Å². The van der Waals surface area contributed by atoms with Crippen LogP contribution < -0.4 is 0 Å². The van der Waals surface area contributed by atoms with E-state index in [1.807, 2.05) is 0 Å². The Bertz CT molecular complexity index is 281. The van der Waals surface area contributed by atoms with Crippen LogP contribution >= 0.6 is 7.60 Å². The van der Waals surface area contributed by atoms with E-state index in [1.54, 1.807) is 0 Å². The standard InChI is InChI=1S/C10H25O5PSi/c1-10(2,3)17(4,5)15-8-9(11)6-7-16(12,13)14/h9,11H,6-8H2,1-5H3,(H2,12,13,14). The van der Waals surface area contributed by atoms with Gasteiger partial charge in [0.25, 0.3) is 0 Å². The molecule has 0 bridgehead atoms. The van der Waals surface area contributed by atoms with Gasteiger partial charge >= 0.3 is 7.60 Å². The molecule has 0 aliphatic carbocycles. The molecule has 0 saturated carbocycles. The predicted octanol–water partition coefficient (Wildman–Crippen LogP) is 1.94. The third kappa shape index (κ3) is 7.34. The second-order valence-electron chi connectivity index (χ2n) is 5.90. The molecule has 104 valence electrons. The van der Waals surface area contributed by atoms with Crippen molar-refractivity contribution in [2.45, 2.75) is 51.4 Å². The van der Waals surface area contributed by atoms with E-state index >= 15 is 0 Å². The summed E-state index contributed by atoms with van der Waals surface area (Å²) in [5.41, 5.74) is 0. The Labute approximate surface area is 104 Å². The van der Waals surface area contributed by atoms with Gasteiger partial charge < -0.3 is 19.3 Å². The first kappa shape index (κ1) is 17.3. The molecule has 0 fully saturated rings. The smallest absolute Gasteiger partial charge is 0.325 e. The van der Waals surface area contributed by atoms with Crippen LogP contribution in [-0.4, -0.2) is 42.1 Å². The minimum atomic E-state index is -4.02. The highest BCUT2D eigenvalue weighted by atomic mass is 31.2. The molecule has 0 amide bonds. The first-order chi connectivity index (χ1) is 7.35. The molecule has 0 aliphatic heterocycles. The van der Waals surface area contributed by atoms with Crippen molar-refractivity contribution in [3.8, 4) is 0 Å². The molecule has 1 unspecified atom stereocenters. The highest BCUT2D eigenvalue weighted by Gasteiger charge is 2.37. The van der Waals surface area contributed by atoms with Crippen LogP contribution in [0.25, 0.3) is 0 Å². The summed E-state index contributed by atoms with van der Waals surface area (Å²) in [7, 11) is -5.92. The van der Waals surface area contributed by atoms with Crippen molar-refractivity contribution in [1.29, 1.82) is 0 Å². The Kier molecular flexibility index (Phi) is 6.05. The Hall–Kier alpha value is 0.287. The molecule has 0 rings (SSSR count). The summed E-state index contributed by atoms with van der Waals surface area (Å²) in [6.07, 6.45) is -1.04. The quantitative estimate of drug-likeness (QED) is 0.512. The van der Waals surface area contributed by atoms with Crippen LogP contribution in [0, 0.1) is 0 Å². The third-order valence-electron chi connectivity index (χ3n) is 3.20. The Balaban J connectivity index is 4.09. The molecule has 1 atom stereocenters. The molecule has 0 aliphatic rings. The molecule has 5 nitrogen and oxygen atoms in total. The van der Waals surface area contributed by atoms with Gasteiger partial charge in [0.05, 0.1) is 18.9 Å². The highest BCUT2D eigenvalue weighted by molar-refractivity contribution is 7.51. The van der Waals surface area contributed by atoms with Gasteiger partial charge in [0.15, 0.2) is 8.32 Å².